The van der Waals surface area contributed by atoms with Gasteiger partial charge in [0, 0.05) is 4.92 Å². The first-order valence-electron chi connectivity index (χ1n) is 0.812. The molecular formula is CH3AlNO2+3. The first kappa shape index (κ1) is 8.87. The molecule has 0 spiro atoms. The maximum Gasteiger partial charge on any atom is 3.00 e. The second kappa shape index (κ2) is 3.93. The summed E-state index contributed by atoms with van der Waals surface area (Å²) < 4.78 is 0. The third-order valence-electron chi connectivity index (χ3n) is 0. The molecule has 0 atom stereocenters. The molecule has 0 saturated carbocycles. The third kappa shape index (κ3) is 3220. The number of rotatable bonds is 0. The van der Waals surface area contributed by atoms with E-state index in [4.69, 9.17) is 10.1 Å². The van der Waals surface area contributed by atoms with E-state index in [-0.39, 0.29) is 17.4 Å². The van der Waals surface area contributed by atoms with Crippen LogP contribution >= 0.6 is 0 Å². The van der Waals surface area contributed by atoms with Gasteiger partial charge in [-0.05, 0) is 0 Å². The molecule has 5 heavy (non-hydrogen) atoms. The fourth-order valence-electron chi connectivity index (χ4n) is 0. The first-order valence-corrected chi connectivity index (χ1v) is 0.812. The Hall–Kier alpha value is -0.0675. The summed E-state index contributed by atoms with van der Waals surface area (Å²) in [4.78, 5) is 8.31. The average Bonchev–Trinajstić information content (AvgIpc) is 0.811. The van der Waals surface area contributed by atoms with Gasteiger partial charge in [-0.3, -0.25) is 10.1 Å². The Balaban J connectivity index is 0. The topological polar surface area (TPSA) is 43.1 Å². The van der Waals surface area contributed by atoms with Crippen molar-refractivity contribution >= 4 is 17.4 Å². The zero-order valence-corrected chi connectivity index (χ0v) is 4.00. The van der Waals surface area contributed by atoms with Crippen molar-refractivity contribution in [3.05, 3.63) is 10.1 Å². The van der Waals surface area contributed by atoms with Crippen molar-refractivity contribution in [2.45, 2.75) is 0 Å². The molecule has 0 N–H and O–H groups in total. The molecule has 0 fully saturated rings. The molecule has 0 aromatic heterocycles. The van der Waals surface area contributed by atoms with Gasteiger partial charge >= 0.3 is 17.4 Å². The molecule has 0 aromatic rings. The smallest absolute Gasteiger partial charge is 0.265 e. The molecule has 0 radical (unpaired) electrons. The van der Waals surface area contributed by atoms with Gasteiger partial charge in [0.05, 0.1) is 0 Å². The molecule has 0 bridgehead atoms. The van der Waals surface area contributed by atoms with Gasteiger partial charge in [-0.2, -0.15) is 0 Å². The van der Waals surface area contributed by atoms with Gasteiger partial charge in [0.1, 0.15) is 0 Å². The second-order valence-corrected chi connectivity index (χ2v) is 0.440. The molecule has 0 aromatic carbocycles. The summed E-state index contributed by atoms with van der Waals surface area (Å²) in [5, 5.41) is 8.81. The molecule has 0 aliphatic carbocycles. The van der Waals surface area contributed by atoms with Gasteiger partial charge in [-0.1, -0.05) is 0 Å². The van der Waals surface area contributed by atoms with Crippen LogP contribution in [0.1, 0.15) is 0 Å². The molecule has 0 amide bonds. The maximum atomic E-state index is 8.81. The van der Waals surface area contributed by atoms with Crippen molar-refractivity contribution < 1.29 is 4.92 Å². The van der Waals surface area contributed by atoms with E-state index in [0.717, 1.165) is 7.05 Å². The summed E-state index contributed by atoms with van der Waals surface area (Å²) in [7, 11) is 0.889. The predicted molar refractivity (Wildman–Crippen MR) is 18.7 cm³/mol. The summed E-state index contributed by atoms with van der Waals surface area (Å²) in [5.41, 5.74) is 0. The van der Waals surface area contributed by atoms with Crippen LogP contribution in [0.3, 0.4) is 0 Å². The van der Waals surface area contributed by atoms with Gasteiger partial charge in [0.15, 0.2) is 7.05 Å². The van der Waals surface area contributed by atoms with Gasteiger partial charge in [0.2, 0.25) is 0 Å². The van der Waals surface area contributed by atoms with Crippen LogP contribution in [0.4, 0.5) is 0 Å². The van der Waals surface area contributed by atoms with E-state index in [2.05, 4.69) is 0 Å². The third-order valence-corrected chi connectivity index (χ3v) is 0. The Morgan fingerprint density at radius 3 is 1.80 bits per heavy atom. The van der Waals surface area contributed by atoms with Crippen LogP contribution in [0.5, 0.6) is 0 Å². The van der Waals surface area contributed by atoms with Crippen molar-refractivity contribution in [3.63, 3.8) is 0 Å². The van der Waals surface area contributed by atoms with Crippen LogP contribution in [0.2, 0.25) is 0 Å². The monoisotopic (exact) mass is 88.0 g/mol. The SMILES string of the molecule is C[N+](=O)[O-].[Al+3]. The van der Waals surface area contributed by atoms with E-state index < -0.39 is 4.92 Å². The fraction of sp³-hybridized carbons (Fsp3) is 1.00. The molecule has 0 heterocycles. The average molecular weight is 88.0 g/mol. The van der Waals surface area contributed by atoms with E-state index in [1.807, 2.05) is 0 Å². The number of nitrogens with zero attached hydrogens (tertiary/aromatic N) is 1. The molecular weight excluding hydrogens is 85.0 g/mol. The zero-order chi connectivity index (χ0) is 3.58. The van der Waals surface area contributed by atoms with E-state index >= 15 is 0 Å². The minimum atomic E-state index is -0.500. The summed E-state index contributed by atoms with van der Waals surface area (Å²) in [6.45, 7) is 0. The van der Waals surface area contributed by atoms with E-state index in [0.29, 0.717) is 0 Å². The number of hydrogen-bond donors (Lipinski definition) is 0. The number of nitro groups is 1. The van der Waals surface area contributed by atoms with E-state index in [1.54, 1.807) is 0 Å². The first-order chi connectivity index (χ1) is 1.73. The quantitative estimate of drug-likeness (QED) is 0.228. The van der Waals surface area contributed by atoms with Crippen molar-refractivity contribution in [1.82, 2.24) is 0 Å². The summed E-state index contributed by atoms with van der Waals surface area (Å²) in [6.07, 6.45) is 0. The molecule has 24 valence electrons. The van der Waals surface area contributed by atoms with Crippen LogP contribution < -0.4 is 0 Å². The van der Waals surface area contributed by atoms with Crippen molar-refractivity contribution in [2.75, 3.05) is 7.05 Å². The summed E-state index contributed by atoms with van der Waals surface area (Å²) in [5.74, 6) is 0. The van der Waals surface area contributed by atoms with Crippen LogP contribution in [0.15, 0.2) is 0 Å². The molecule has 0 rings (SSSR count). The molecule has 3 nitrogen and oxygen atoms in total. The van der Waals surface area contributed by atoms with E-state index in [1.165, 1.54) is 0 Å². The predicted octanol–water partition coefficient (Wildman–Crippen LogP) is -0.488. The van der Waals surface area contributed by atoms with Crippen LogP contribution in [0.25, 0.3) is 0 Å². The van der Waals surface area contributed by atoms with Crippen molar-refractivity contribution in [2.24, 2.45) is 0 Å². The largest absolute Gasteiger partial charge is 3.00 e. The Morgan fingerprint density at radius 1 is 1.80 bits per heavy atom. The maximum absolute atomic E-state index is 8.81. The van der Waals surface area contributed by atoms with Crippen molar-refractivity contribution in [3.8, 4) is 0 Å². The normalized spacial score (nSPS) is 5.00. The fourth-order valence-corrected chi connectivity index (χ4v) is 0. The minimum absolute atomic E-state index is 0. The van der Waals surface area contributed by atoms with Gasteiger partial charge in [-0.15, -0.1) is 0 Å². The standard InChI is InChI=1S/CH3NO2.Al/c1-2(3)4;/h1H3;/q;+3. The van der Waals surface area contributed by atoms with Crippen LogP contribution in [0, 0.1) is 10.1 Å². The zero-order valence-electron chi connectivity index (χ0n) is 2.84. The Morgan fingerprint density at radius 2 is 1.80 bits per heavy atom. The Bertz CT molecular complexity index is 32.6. The Kier molecular flexibility index (Phi) is 6.98. The minimum Gasteiger partial charge on any atom is -0.265 e. The number of hydrogen-bond acceptors (Lipinski definition) is 2. The molecule has 0 unspecified atom stereocenters. The van der Waals surface area contributed by atoms with Crippen LogP contribution in [-0.2, 0) is 0 Å². The summed E-state index contributed by atoms with van der Waals surface area (Å²) in [6, 6.07) is 0. The molecule has 4 heteroatoms. The van der Waals surface area contributed by atoms with Crippen molar-refractivity contribution in [1.29, 1.82) is 0 Å². The van der Waals surface area contributed by atoms with Crippen LogP contribution in [-0.4, -0.2) is 29.3 Å². The van der Waals surface area contributed by atoms with Gasteiger partial charge in [-0.25, -0.2) is 0 Å². The molecule has 0 saturated heterocycles. The summed E-state index contributed by atoms with van der Waals surface area (Å²) >= 11 is 0. The molecule has 0 aliphatic rings. The second-order valence-electron chi connectivity index (χ2n) is 0.440. The Labute approximate surface area is 40.3 Å². The van der Waals surface area contributed by atoms with E-state index in [9.17, 15) is 0 Å². The van der Waals surface area contributed by atoms with Gasteiger partial charge in [0.25, 0.3) is 0 Å². The molecule has 0 aliphatic heterocycles. The van der Waals surface area contributed by atoms with Gasteiger partial charge < -0.3 is 0 Å².